The highest BCUT2D eigenvalue weighted by Gasteiger charge is 1.96. The summed E-state index contributed by atoms with van der Waals surface area (Å²) in [6.45, 7) is 0. The van der Waals surface area contributed by atoms with Crippen LogP contribution in [0.5, 0.6) is 0 Å². The van der Waals surface area contributed by atoms with Gasteiger partial charge in [-0.3, -0.25) is 0 Å². The van der Waals surface area contributed by atoms with Crippen molar-refractivity contribution in [2.75, 3.05) is 21.1 Å². The summed E-state index contributed by atoms with van der Waals surface area (Å²) in [5.41, 5.74) is 0.0316. The van der Waals surface area contributed by atoms with E-state index in [1.54, 1.807) is 12.1 Å². The molecule has 0 radical (unpaired) electrons. The minimum absolute atomic E-state index is 0.0316. The molecule has 0 aromatic heterocycles. The van der Waals surface area contributed by atoms with E-state index in [1.165, 1.54) is 17.0 Å². The van der Waals surface area contributed by atoms with Crippen LogP contribution in [0.2, 0.25) is 5.02 Å². The Labute approximate surface area is 88.9 Å². The molecular weight excluding hydrogens is 202 g/mol. The molecule has 0 aliphatic rings. The predicted molar refractivity (Wildman–Crippen MR) is 54.5 cm³/mol. The van der Waals surface area contributed by atoms with Gasteiger partial charge in [-0.05, 0) is 6.07 Å². The lowest BCUT2D eigenvalue weighted by Crippen LogP contribution is -3.02. The number of benzene rings is 1. The van der Waals surface area contributed by atoms with Gasteiger partial charge in [0.1, 0.15) is 0 Å². The lowest BCUT2D eigenvalue weighted by Gasteiger charge is -2.02. The summed E-state index contributed by atoms with van der Waals surface area (Å²) in [5.74, 6) is -1.24. The van der Waals surface area contributed by atoms with Crippen molar-refractivity contribution in [1.82, 2.24) is 0 Å². The Bertz CT molecular complexity index is 297. The van der Waals surface area contributed by atoms with Gasteiger partial charge in [0.05, 0.1) is 27.1 Å². The fourth-order valence-corrected chi connectivity index (χ4v) is 0.840. The molecule has 0 aliphatic carbocycles. The highest BCUT2D eigenvalue weighted by atomic mass is 35.5. The van der Waals surface area contributed by atoms with Gasteiger partial charge >= 0.3 is 0 Å². The zero-order valence-corrected chi connectivity index (χ0v) is 9.26. The maximum atomic E-state index is 10.2. The Morgan fingerprint density at radius 3 is 2.00 bits per heavy atom. The maximum Gasteiger partial charge on any atom is 0.0730 e. The molecule has 78 valence electrons. The molecule has 14 heavy (non-hydrogen) atoms. The number of nitrogens with one attached hydrogen (secondary N) is 1. The van der Waals surface area contributed by atoms with Crippen LogP contribution in [0, 0.1) is 0 Å². The Balaban J connectivity index is 0.000000364. The van der Waals surface area contributed by atoms with E-state index >= 15 is 0 Å². The van der Waals surface area contributed by atoms with Crippen LogP contribution in [-0.4, -0.2) is 27.1 Å². The van der Waals surface area contributed by atoms with Crippen molar-refractivity contribution in [3.05, 3.63) is 34.9 Å². The number of hydrogen-bond acceptors (Lipinski definition) is 2. The SMILES string of the molecule is C[NH+](C)C.O=C([O-])c1ccccc1Cl. The van der Waals surface area contributed by atoms with Gasteiger partial charge in [0.25, 0.3) is 0 Å². The first-order valence-corrected chi connectivity index (χ1v) is 4.55. The van der Waals surface area contributed by atoms with Crippen molar-refractivity contribution < 1.29 is 14.8 Å². The first-order valence-electron chi connectivity index (χ1n) is 4.17. The van der Waals surface area contributed by atoms with Crippen molar-refractivity contribution in [2.45, 2.75) is 0 Å². The summed E-state index contributed by atoms with van der Waals surface area (Å²) in [5, 5.41) is 10.4. The summed E-state index contributed by atoms with van der Waals surface area (Å²) in [4.78, 5) is 11.6. The Morgan fingerprint density at radius 2 is 1.71 bits per heavy atom. The third-order valence-corrected chi connectivity index (χ3v) is 1.42. The van der Waals surface area contributed by atoms with Gasteiger partial charge < -0.3 is 14.8 Å². The number of carboxylic acids is 1. The Hall–Kier alpha value is -1.06. The average molecular weight is 216 g/mol. The van der Waals surface area contributed by atoms with Gasteiger partial charge in [0, 0.05) is 10.6 Å². The van der Waals surface area contributed by atoms with E-state index in [1.807, 2.05) is 0 Å². The zero-order valence-electron chi connectivity index (χ0n) is 8.50. The summed E-state index contributed by atoms with van der Waals surface area (Å²) in [6, 6.07) is 6.16. The second kappa shape index (κ2) is 6.40. The lowest BCUT2D eigenvalue weighted by atomic mass is 10.2. The van der Waals surface area contributed by atoms with Gasteiger partial charge in [-0.25, -0.2) is 0 Å². The summed E-state index contributed by atoms with van der Waals surface area (Å²) >= 11 is 5.50. The van der Waals surface area contributed by atoms with Crippen LogP contribution in [0.15, 0.2) is 24.3 Å². The van der Waals surface area contributed by atoms with E-state index < -0.39 is 5.97 Å². The van der Waals surface area contributed by atoms with Crippen LogP contribution in [-0.2, 0) is 0 Å². The molecule has 0 spiro atoms. The molecule has 0 saturated heterocycles. The smallest absolute Gasteiger partial charge is 0.0730 e. The minimum Gasteiger partial charge on any atom is -0.545 e. The topological polar surface area (TPSA) is 44.6 Å². The first-order chi connectivity index (χ1) is 6.45. The van der Waals surface area contributed by atoms with E-state index in [-0.39, 0.29) is 10.6 Å². The fourth-order valence-electron chi connectivity index (χ4n) is 0.627. The monoisotopic (exact) mass is 215 g/mol. The van der Waals surface area contributed by atoms with Gasteiger partial charge in [0.2, 0.25) is 0 Å². The van der Waals surface area contributed by atoms with Crippen LogP contribution in [0.25, 0.3) is 0 Å². The van der Waals surface area contributed by atoms with Crippen molar-refractivity contribution in [3.63, 3.8) is 0 Å². The molecule has 1 rings (SSSR count). The number of rotatable bonds is 1. The zero-order chi connectivity index (χ0) is 11.1. The van der Waals surface area contributed by atoms with Crippen molar-refractivity contribution in [3.8, 4) is 0 Å². The molecule has 0 atom stereocenters. The third-order valence-electron chi connectivity index (χ3n) is 1.09. The van der Waals surface area contributed by atoms with E-state index in [2.05, 4.69) is 21.1 Å². The number of hydrogen-bond donors (Lipinski definition) is 1. The second-order valence-corrected chi connectivity index (χ2v) is 3.67. The lowest BCUT2D eigenvalue weighted by molar-refractivity contribution is -0.836. The molecule has 4 heteroatoms. The summed E-state index contributed by atoms with van der Waals surface area (Å²) < 4.78 is 0. The van der Waals surface area contributed by atoms with Crippen LogP contribution >= 0.6 is 11.6 Å². The normalized spacial score (nSPS) is 9.21. The van der Waals surface area contributed by atoms with Crippen LogP contribution in [0.1, 0.15) is 10.4 Å². The highest BCUT2D eigenvalue weighted by Crippen LogP contribution is 2.12. The standard InChI is InChI=1S/C7H5ClO2.C3H9N/c8-6-4-2-1-3-5(6)7(9)10;1-4(2)3/h1-4H,(H,9,10);1-3H3. The van der Waals surface area contributed by atoms with E-state index in [0.717, 1.165) is 0 Å². The molecule has 0 aliphatic heterocycles. The van der Waals surface area contributed by atoms with Gasteiger partial charge in [0.15, 0.2) is 0 Å². The molecule has 1 aromatic rings. The number of carboxylic acid groups (broad SMARTS) is 1. The molecule has 0 heterocycles. The summed E-state index contributed by atoms with van der Waals surface area (Å²) in [6.07, 6.45) is 0. The second-order valence-electron chi connectivity index (χ2n) is 3.27. The molecule has 0 unspecified atom stereocenters. The molecule has 3 nitrogen and oxygen atoms in total. The number of aromatic carboxylic acids is 1. The highest BCUT2D eigenvalue weighted by molar-refractivity contribution is 6.33. The largest absolute Gasteiger partial charge is 0.545 e. The van der Waals surface area contributed by atoms with Crippen LogP contribution in [0.4, 0.5) is 0 Å². The predicted octanol–water partition coefficient (Wildman–Crippen LogP) is -0.536. The molecule has 0 bridgehead atoms. The van der Waals surface area contributed by atoms with Crippen molar-refractivity contribution >= 4 is 17.6 Å². The van der Waals surface area contributed by atoms with E-state index in [9.17, 15) is 9.90 Å². The van der Waals surface area contributed by atoms with Crippen molar-refractivity contribution in [1.29, 1.82) is 0 Å². The number of halogens is 1. The van der Waals surface area contributed by atoms with Crippen LogP contribution < -0.4 is 10.0 Å². The number of carbonyl (C=O) groups is 1. The van der Waals surface area contributed by atoms with Gasteiger partial charge in [-0.15, -0.1) is 0 Å². The van der Waals surface area contributed by atoms with Gasteiger partial charge in [-0.2, -0.15) is 0 Å². The molecule has 0 fully saturated rings. The number of carbonyl (C=O) groups excluding carboxylic acids is 1. The minimum atomic E-state index is -1.24. The molecule has 0 amide bonds. The quantitative estimate of drug-likeness (QED) is 0.684. The molecule has 0 saturated carbocycles. The first kappa shape index (κ1) is 12.9. The average Bonchev–Trinajstić information content (AvgIpc) is 2.03. The maximum absolute atomic E-state index is 10.2. The molecule has 1 N–H and O–H groups in total. The molecule has 1 aromatic carbocycles. The van der Waals surface area contributed by atoms with E-state index in [4.69, 9.17) is 11.6 Å². The van der Waals surface area contributed by atoms with Crippen LogP contribution in [0.3, 0.4) is 0 Å². The fraction of sp³-hybridized carbons (Fsp3) is 0.300. The van der Waals surface area contributed by atoms with E-state index in [0.29, 0.717) is 0 Å². The number of quaternary nitrogens is 1. The Morgan fingerprint density at radius 1 is 1.29 bits per heavy atom. The molecular formula is C10H14ClNO2. The van der Waals surface area contributed by atoms with Gasteiger partial charge in [-0.1, -0.05) is 29.8 Å². The third kappa shape index (κ3) is 5.56. The van der Waals surface area contributed by atoms with Crippen molar-refractivity contribution in [2.24, 2.45) is 0 Å². The summed E-state index contributed by atoms with van der Waals surface area (Å²) in [7, 11) is 6.25. The Kier molecular flexibility index (Phi) is 5.92.